The third kappa shape index (κ3) is 4.46. The highest BCUT2D eigenvalue weighted by Crippen LogP contribution is 2.21. The van der Waals surface area contributed by atoms with Gasteiger partial charge in [-0.3, -0.25) is 4.79 Å². The number of carbonyl (C=O) groups excluding carboxylic acids is 1. The van der Waals surface area contributed by atoms with Crippen molar-refractivity contribution in [2.75, 3.05) is 26.2 Å². The average molecular weight is 268 g/mol. The molecule has 1 atom stereocenters. The standard InChI is InChI=1S/C15H28N2O2/c1-13(18)5-6-15(19)17-11-7-14(8-12-17)16-9-3-2-4-10-16/h13-14,18H,2-12H2,1H3. The number of likely N-dealkylation sites (tertiary alicyclic amines) is 2. The number of amides is 1. The first-order valence-corrected chi connectivity index (χ1v) is 7.86. The zero-order valence-electron chi connectivity index (χ0n) is 12.2. The molecule has 0 saturated carbocycles. The van der Waals surface area contributed by atoms with Crippen molar-refractivity contribution in [3.8, 4) is 0 Å². The summed E-state index contributed by atoms with van der Waals surface area (Å²) in [5.74, 6) is 0.220. The van der Waals surface area contributed by atoms with E-state index in [1.54, 1.807) is 6.92 Å². The molecule has 0 spiro atoms. The molecule has 2 aliphatic heterocycles. The van der Waals surface area contributed by atoms with E-state index in [0.29, 0.717) is 18.9 Å². The molecule has 0 aromatic carbocycles. The Morgan fingerprint density at radius 3 is 2.37 bits per heavy atom. The largest absolute Gasteiger partial charge is 0.393 e. The van der Waals surface area contributed by atoms with E-state index < -0.39 is 0 Å². The summed E-state index contributed by atoms with van der Waals surface area (Å²) in [7, 11) is 0. The molecule has 0 aliphatic carbocycles. The van der Waals surface area contributed by atoms with Crippen LogP contribution < -0.4 is 0 Å². The van der Waals surface area contributed by atoms with Crippen molar-refractivity contribution in [3.63, 3.8) is 0 Å². The van der Waals surface area contributed by atoms with Crippen molar-refractivity contribution in [1.29, 1.82) is 0 Å². The second-order valence-corrected chi connectivity index (χ2v) is 6.10. The number of aliphatic hydroxyl groups excluding tert-OH is 1. The summed E-state index contributed by atoms with van der Waals surface area (Å²) in [6.07, 6.45) is 7.03. The molecule has 2 aliphatic rings. The topological polar surface area (TPSA) is 43.8 Å². The number of nitrogens with zero attached hydrogens (tertiary/aromatic N) is 2. The van der Waals surface area contributed by atoms with Gasteiger partial charge in [0.05, 0.1) is 6.10 Å². The number of carbonyl (C=O) groups is 1. The number of hydrogen-bond donors (Lipinski definition) is 1. The number of piperidine rings is 2. The molecule has 2 fully saturated rings. The summed E-state index contributed by atoms with van der Waals surface area (Å²) >= 11 is 0. The average Bonchev–Trinajstić information content (AvgIpc) is 2.46. The fourth-order valence-corrected chi connectivity index (χ4v) is 3.25. The molecule has 1 unspecified atom stereocenters. The molecule has 1 N–H and O–H groups in total. The highest BCUT2D eigenvalue weighted by Gasteiger charge is 2.27. The van der Waals surface area contributed by atoms with E-state index in [9.17, 15) is 9.90 Å². The summed E-state index contributed by atoms with van der Waals surface area (Å²) in [6.45, 7) is 6.05. The molecular weight excluding hydrogens is 240 g/mol. The third-order valence-corrected chi connectivity index (χ3v) is 4.50. The maximum Gasteiger partial charge on any atom is 0.222 e. The molecule has 19 heavy (non-hydrogen) atoms. The van der Waals surface area contributed by atoms with Crippen LogP contribution in [-0.2, 0) is 4.79 Å². The Kier molecular flexibility index (Phi) is 5.64. The molecule has 0 aromatic heterocycles. The van der Waals surface area contributed by atoms with Crippen LogP contribution in [0.5, 0.6) is 0 Å². The highest BCUT2D eigenvalue weighted by atomic mass is 16.3. The quantitative estimate of drug-likeness (QED) is 0.842. The Labute approximate surface area is 116 Å². The molecule has 0 aromatic rings. The van der Waals surface area contributed by atoms with Crippen LogP contribution in [-0.4, -0.2) is 59.1 Å². The van der Waals surface area contributed by atoms with Crippen LogP contribution >= 0.6 is 0 Å². The molecule has 4 nitrogen and oxygen atoms in total. The van der Waals surface area contributed by atoms with Crippen LogP contribution in [0.1, 0.15) is 51.9 Å². The van der Waals surface area contributed by atoms with E-state index in [1.165, 1.54) is 32.4 Å². The Bertz CT molecular complexity index is 280. The SMILES string of the molecule is CC(O)CCC(=O)N1CCC(N2CCCCC2)CC1. The third-order valence-electron chi connectivity index (χ3n) is 4.50. The Morgan fingerprint density at radius 2 is 1.79 bits per heavy atom. The molecule has 110 valence electrons. The normalized spacial score (nSPS) is 24.4. The summed E-state index contributed by atoms with van der Waals surface area (Å²) < 4.78 is 0. The van der Waals surface area contributed by atoms with E-state index in [0.717, 1.165) is 25.9 Å². The molecule has 0 radical (unpaired) electrons. The van der Waals surface area contributed by atoms with E-state index in [-0.39, 0.29) is 12.0 Å². The smallest absolute Gasteiger partial charge is 0.222 e. The van der Waals surface area contributed by atoms with Crippen LogP contribution in [0.4, 0.5) is 0 Å². The fourth-order valence-electron chi connectivity index (χ4n) is 3.25. The van der Waals surface area contributed by atoms with Crippen LogP contribution in [0.3, 0.4) is 0 Å². The zero-order chi connectivity index (χ0) is 13.7. The van der Waals surface area contributed by atoms with E-state index in [2.05, 4.69) is 4.90 Å². The minimum atomic E-state index is -0.366. The first-order chi connectivity index (χ1) is 9.16. The van der Waals surface area contributed by atoms with Crippen molar-refractivity contribution in [3.05, 3.63) is 0 Å². The minimum absolute atomic E-state index is 0.220. The van der Waals surface area contributed by atoms with Gasteiger partial charge < -0.3 is 14.9 Å². The maximum absolute atomic E-state index is 12.0. The van der Waals surface area contributed by atoms with Gasteiger partial charge in [-0.05, 0) is 52.1 Å². The molecule has 2 saturated heterocycles. The van der Waals surface area contributed by atoms with Crippen molar-refractivity contribution in [2.45, 2.75) is 64.0 Å². The van der Waals surface area contributed by atoms with Crippen molar-refractivity contribution in [1.82, 2.24) is 9.80 Å². The summed E-state index contributed by atoms with van der Waals surface area (Å²) in [5, 5.41) is 9.23. The van der Waals surface area contributed by atoms with Gasteiger partial charge in [0.25, 0.3) is 0 Å². The van der Waals surface area contributed by atoms with Gasteiger partial charge in [0.1, 0.15) is 0 Å². The van der Waals surface area contributed by atoms with Gasteiger partial charge >= 0.3 is 0 Å². The van der Waals surface area contributed by atoms with Gasteiger partial charge in [-0.25, -0.2) is 0 Å². The molecular formula is C15H28N2O2. The second kappa shape index (κ2) is 7.25. The number of aliphatic hydroxyl groups is 1. The summed E-state index contributed by atoms with van der Waals surface area (Å²) in [6, 6.07) is 0.695. The van der Waals surface area contributed by atoms with E-state index in [4.69, 9.17) is 0 Å². The van der Waals surface area contributed by atoms with Crippen LogP contribution in [0.2, 0.25) is 0 Å². The molecule has 2 heterocycles. The van der Waals surface area contributed by atoms with Gasteiger partial charge in [0.2, 0.25) is 5.91 Å². The van der Waals surface area contributed by atoms with Crippen LogP contribution in [0.25, 0.3) is 0 Å². The first-order valence-electron chi connectivity index (χ1n) is 7.86. The number of rotatable bonds is 4. The lowest BCUT2D eigenvalue weighted by molar-refractivity contribution is -0.133. The highest BCUT2D eigenvalue weighted by molar-refractivity contribution is 5.76. The molecule has 0 bridgehead atoms. The van der Waals surface area contributed by atoms with Gasteiger partial charge in [0, 0.05) is 25.6 Å². The van der Waals surface area contributed by atoms with Crippen LogP contribution in [0, 0.1) is 0 Å². The number of hydrogen-bond acceptors (Lipinski definition) is 3. The molecule has 1 amide bonds. The monoisotopic (exact) mass is 268 g/mol. The summed E-state index contributed by atoms with van der Waals surface area (Å²) in [4.78, 5) is 16.6. The molecule has 2 rings (SSSR count). The van der Waals surface area contributed by atoms with E-state index >= 15 is 0 Å². The van der Waals surface area contributed by atoms with Crippen molar-refractivity contribution >= 4 is 5.91 Å². The lowest BCUT2D eigenvalue weighted by Crippen LogP contribution is -2.48. The Balaban J connectivity index is 1.70. The minimum Gasteiger partial charge on any atom is -0.393 e. The zero-order valence-corrected chi connectivity index (χ0v) is 12.2. The lowest BCUT2D eigenvalue weighted by Gasteiger charge is -2.40. The second-order valence-electron chi connectivity index (χ2n) is 6.10. The Morgan fingerprint density at radius 1 is 1.16 bits per heavy atom. The van der Waals surface area contributed by atoms with Gasteiger partial charge in [-0.2, -0.15) is 0 Å². The maximum atomic E-state index is 12.0. The van der Waals surface area contributed by atoms with Crippen LogP contribution in [0.15, 0.2) is 0 Å². The lowest BCUT2D eigenvalue weighted by atomic mass is 9.99. The van der Waals surface area contributed by atoms with E-state index in [1.807, 2.05) is 4.90 Å². The Hall–Kier alpha value is -0.610. The first kappa shape index (κ1) is 14.8. The van der Waals surface area contributed by atoms with Gasteiger partial charge in [0.15, 0.2) is 0 Å². The fraction of sp³-hybridized carbons (Fsp3) is 0.933. The molecule has 4 heteroatoms. The van der Waals surface area contributed by atoms with Crippen molar-refractivity contribution < 1.29 is 9.90 Å². The predicted molar refractivity (Wildman–Crippen MR) is 75.9 cm³/mol. The van der Waals surface area contributed by atoms with Crippen molar-refractivity contribution in [2.24, 2.45) is 0 Å². The van der Waals surface area contributed by atoms with Gasteiger partial charge in [-0.1, -0.05) is 6.42 Å². The summed E-state index contributed by atoms with van der Waals surface area (Å²) in [5.41, 5.74) is 0. The van der Waals surface area contributed by atoms with Gasteiger partial charge in [-0.15, -0.1) is 0 Å². The predicted octanol–water partition coefficient (Wildman–Crippen LogP) is 1.62.